The largest absolute Gasteiger partial charge is 0.497 e. The predicted molar refractivity (Wildman–Crippen MR) is 113 cm³/mol. The van der Waals surface area contributed by atoms with E-state index >= 15 is 0 Å². The minimum Gasteiger partial charge on any atom is -0.497 e. The van der Waals surface area contributed by atoms with Gasteiger partial charge in [0, 0.05) is 30.7 Å². The van der Waals surface area contributed by atoms with E-state index in [-0.39, 0.29) is 6.10 Å². The van der Waals surface area contributed by atoms with Crippen LogP contribution in [0.5, 0.6) is 17.2 Å². The summed E-state index contributed by atoms with van der Waals surface area (Å²) in [6, 6.07) is 15.1. The Kier molecular flexibility index (Phi) is 6.48. The van der Waals surface area contributed by atoms with Gasteiger partial charge in [0.25, 0.3) is 0 Å². The number of aliphatic hydroxyl groups excluding tert-OH is 1. The second-order valence-electron chi connectivity index (χ2n) is 7.96. The van der Waals surface area contributed by atoms with Gasteiger partial charge in [-0.1, -0.05) is 23.7 Å². The van der Waals surface area contributed by atoms with Crippen molar-refractivity contribution in [2.45, 2.75) is 25.0 Å². The van der Waals surface area contributed by atoms with Gasteiger partial charge in [0.1, 0.15) is 30.0 Å². The Morgan fingerprint density at radius 3 is 2.52 bits per heavy atom. The molecule has 2 fully saturated rings. The van der Waals surface area contributed by atoms with Crippen LogP contribution in [0, 0.1) is 11.8 Å². The molecule has 1 N–H and O–H groups in total. The van der Waals surface area contributed by atoms with Crippen LogP contribution in [0.3, 0.4) is 0 Å². The van der Waals surface area contributed by atoms with Crippen molar-refractivity contribution in [3.8, 4) is 17.2 Å². The molecule has 0 spiro atoms. The van der Waals surface area contributed by atoms with Gasteiger partial charge >= 0.3 is 0 Å². The molecular weight excluding hydrogens is 390 g/mol. The molecule has 5 nitrogen and oxygen atoms in total. The second-order valence-corrected chi connectivity index (χ2v) is 8.40. The van der Waals surface area contributed by atoms with Crippen molar-refractivity contribution in [2.24, 2.45) is 11.8 Å². The van der Waals surface area contributed by atoms with Crippen LogP contribution in [0.1, 0.15) is 12.8 Å². The smallest absolute Gasteiger partial charge is 0.125 e. The summed E-state index contributed by atoms with van der Waals surface area (Å²) in [5, 5.41) is 11.2. The number of aliphatic hydroxyl groups is 1. The molecule has 156 valence electrons. The molecule has 4 rings (SSSR count). The van der Waals surface area contributed by atoms with E-state index in [0.29, 0.717) is 23.5 Å². The highest BCUT2D eigenvalue weighted by molar-refractivity contribution is 6.30. The minimum atomic E-state index is -0.441. The van der Waals surface area contributed by atoms with Crippen LogP contribution in [0.2, 0.25) is 5.02 Å². The molecule has 2 aliphatic rings. The summed E-state index contributed by atoms with van der Waals surface area (Å²) in [7, 11) is 1.66. The van der Waals surface area contributed by atoms with Gasteiger partial charge in [-0.25, -0.2) is 0 Å². The van der Waals surface area contributed by atoms with Gasteiger partial charge in [-0.2, -0.15) is 0 Å². The van der Waals surface area contributed by atoms with Gasteiger partial charge in [-0.15, -0.1) is 0 Å². The lowest BCUT2D eigenvalue weighted by Crippen LogP contribution is -2.42. The van der Waals surface area contributed by atoms with Gasteiger partial charge in [0.15, 0.2) is 0 Å². The first kappa shape index (κ1) is 20.3. The molecule has 1 heterocycles. The number of likely N-dealkylation sites (tertiary alicyclic amines) is 1. The fourth-order valence-electron chi connectivity index (χ4n) is 4.50. The molecule has 6 heteroatoms. The number of nitrogens with zero attached hydrogens (tertiary/aromatic N) is 1. The fraction of sp³-hybridized carbons (Fsp3) is 0.478. The topological polar surface area (TPSA) is 51.2 Å². The number of hydrogen-bond acceptors (Lipinski definition) is 5. The van der Waals surface area contributed by atoms with E-state index in [2.05, 4.69) is 4.90 Å². The molecule has 2 aromatic carbocycles. The molecule has 0 amide bonds. The van der Waals surface area contributed by atoms with Crippen molar-refractivity contribution in [3.05, 3.63) is 53.6 Å². The number of halogens is 1. The van der Waals surface area contributed by atoms with Crippen LogP contribution in [0.15, 0.2) is 48.5 Å². The monoisotopic (exact) mass is 417 g/mol. The van der Waals surface area contributed by atoms with Crippen LogP contribution in [-0.2, 0) is 0 Å². The number of methoxy groups -OCH3 is 1. The highest BCUT2D eigenvalue weighted by atomic mass is 35.5. The lowest BCUT2D eigenvalue weighted by Gasteiger charge is -2.35. The second kappa shape index (κ2) is 9.24. The predicted octanol–water partition coefficient (Wildman–Crippen LogP) is 3.88. The zero-order chi connectivity index (χ0) is 20.2. The van der Waals surface area contributed by atoms with Gasteiger partial charge in [-0.05, 0) is 55.0 Å². The summed E-state index contributed by atoms with van der Waals surface area (Å²) in [4.78, 5) is 2.43. The number of fused-ring (bicyclic) bond motifs is 1. The zero-order valence-corrected chi connectivity index (χ0v) is 17.4. The highest BCUT2D eigenvalue weighted by Gasteiger charge is 2.42. The molecule has 1 aliphatic heterocycles. The Hall–Kier alpha value is -1.95. The average Bonchev–Trinajstić information content (AvgIpc) is 3.10. The number of hydrogen-bond donors (Lipinski definition) is 1. The standard InChI is InChI=1S/C23H28ClNO4/c1-27-19-5-3-6-20(13-19)28-9-8-25-14-16-10-22(26)23(11-17(16)15-25)29-21-7-2-4-18(24)12-21/h2-7,12-13,16-17,22-23,26H,8-11,14-15H2,1H3/t16-,17+,22+,23+/m0/s1. The SMILES string of the molecule is COc1cccc(OCCN2C[C@H]3C[C@@H](Oc4cccc(Cl)c4)[C@H](O)C[C@H]3C2)c1. The Morgan fingerprint density at radius 1 is 1.00 bits per heavy atom. The Labute approximate surface area is 177 Å². The minimum absolute atomic E-state index is 0.178. The van der Waals surface area contributed by atoms with E-state index in [4.69, 9.17) is 25.8 Å². The molecule has 0 radical (unpaired) electrons. The lowest BCUT2D eigenvalue weighted by molar-refractivity contribution is -0.0231. The van der Waals surface area contributed by atoms with Gasteiger partial charge < -0.3 is 19.3 Å². The molecular formula is C23H28ClNO4. The summed E-state index contributed by atoms with van der Waals surface area (Å²) in [5.41, 5.74) is 0. The van der Waals surface area contributed by atoms with E-state index in [1.807, 2.05) is 42.5 Å². The lowest BCUT2D eigenvalue weighted by atomic mass is 9.78. The van der Waals surface area contributed by atoms with Crippen LogP contribution in [0.25, 0.3) is 0 Å². The van der Waals surface area contributed by atoms with E-state index < -0.39 is 6.10 Å². The molecule has 1 saturated carbocycles. The maximum atomic E-state index is 10.6. The first-order valence-electron chi connectivity index (χ1n) is 10.2. The average molecular weight is 418 g/mol. The van der Waals surface area contributed by atoms with Crippen molar-refractivity contribution in [1.29, 1.82) is 0 Å². The number of rotatable bonds is 7. The fourth-order valence-corrected chi connectivity index (χ4v) is 4.68. The molecule has 4 atom stereocenters. The quantitative estimate of drug-likeness (QED) is 0.741. The zero-order valence-electron chi connectivity index (χ0n) is 16.7. The molecule has 29 heavy (non-hydrogen) atoms. The Balaban J connectivity index is 1.27. The summed E-state index contributed by atoms with van der Waals surface area (Å²) >= 11 is 6.05. The van der Waals surface area contributed by atoms with Crippen molar-refractivity contribution < 1.29 is 19.3 Å². The normalized spacial score (nSPS) is 26.7. The molecule has 2 aromatic rings. The van der Waals surface area contributed by atoms with Crippen LogP contribution in [0.4, 0.5) is 0 Å². The number of ether oxygens (including phenoxy) is 3. The van der Waals surface area contributed by atoms with Gasteiger partial charge in [-0.3, -0.25) is 4.90 Å². The van der Waals surface area contributed by atoms with Crippen LogP contribution in [-0.4, -0.2) is 55.6 Å². The first-order valence-corrected chi connectivity index (χ1v) is 10.6. The van der Waals surface area contributed by atoms with Gasteiger partial charge in [0.05, 0.1) is 13.2 Å². The maximum absolute atomic E-state index is 10.6. The van der Waals surface area contributed by atoms with Crippen molar-refractivity contribution in [2.75, 3.05) is 33.4 Å². The highest BCUT2D eigenvalue weighted by Crippen LogP contribution is 2.38. The van der Waals surface area contributed by atoms with E-state index in [9.17, 15) is 5.11 Å². The summed E-state index contributed by atoms with van der Waals surface area (Å²) in [5.74, 6) is 3.41. The Bertz CT molecular complexity index is 817. The van der Waals surface area contributed by atoms with E-state index in [0.717, 1.165) is 49.7 Å². The van der Waals surface area contributed by atoms with Gasteiger partial charge in [0.2, 0.25) is 0 Å². The Morgan fingerprint density at radius 2 is 1.72 bits per heavy atom. The molecule has 1 aliphatic carbocycles. The van der Waals surface area contributed by atoms with Crippen molar-refractivity contribution in [1.82, 2.24) is 4.90 Å². The van der Waals surface area contributed by atoms with E-state index in [1.165, 1.54) is 0 Å². The van der Waals surface area contributed by atoms with E-state index in [1.54, 1.807) is 13.2 Å². The van der Waals surface area contributed by atoms with Crippen molar-refractivity contribution in [3.63, 3.8) is 0 Å². The number of benzene rings is 2. The molecule has 0 bridgehead atoms. The third kappa shape index (κ3) is 5.16. The summed E-state index contributed by atoms with van der Waals surface area (Å²) in [6.07, 6.45) is 1.03. The summed E-state index contributed by atoms with van der Waals surface area (Å²) < 4.78 is 17.2. The van der Waals surface area contributed by atoms with Crippen molar-refractivity contribution >= 4 is 11.6 Å². The molecule has 0 aromatic heterocycles. The maximum Gasteiger partial charge on any atom is 0.125 e. The third-order valence-corrected chi connectivity index (χ3v) is 6.20. The van der Waals surface area contributed by atoms with Crippen LogP contribution >= 0.6 is 11.6 Å². The van der Waals surface area contributed by atoms with Crippen LogP contribution < -0.4 is 14.2 Å². The molecule has 0 unspecified atom stereocenters. The first-order chi connectivity index (χ1) is 14.1. The molecule has 1 saturated heterocycles. The third-order valence-electron chi connectivity index (χ3n) is 5.96. The summed E-state index contributed by atoms with van der Waals surface area (Å²) in [6.45, 7) is 3.54.